The highest BCUT2D eigenvalue weighted by Crippen LogP contribution is 2.40. The molecular weight excluding hydrogens is 270 g/mol. The SMILES string of the molecule is O=c1[nH]nc(C2CCCCN2Cc2ncc(C3CC3)o2)[nH]1. The van der Waals surface area contributed by atoms with Crippen LogP contribution >= 0.6 is 0 Å². The Labute approximate surface area is 121 Å². The molecule has 7 nitrogen and oxygen atoms in total. The lowest BCUT2D eigenvalue weighted by Gasteiger charge is -2.33. The highest BCUT2D eigenvalue weighted by atomic mass is 16.4. The molecule has 4 rings (SSSR count). The molecule has 0 radical (unpaired) electrons. The van der Waals surface area contributed by atoms with Gasteiger partial charge in [0.1, 0.15) is 11.6 Å². The summed E-state index contributed by atoms with van der Waals surface area (Å²) < 4.78 is 5.85. The Kier molecular flexibility index (Phi) is 3.14. The van der Waals surface area contributed by atoms with Gasteiger partial charge >= 0.3 is 5.69 Å². The first kappa shape index (κ1) is 12.8. The van der Waals surface area contributed by atoms with E-state index in [1.165, 1.54) is 12.8 Å². The summed E-state index contributed by atoms with van der Waals surface area (Å²) in [6, 6.07) is 0.133. The summed E-state index contributed by atoms with van der Waals surface area (Å²) in [7, 11) is 0. The molecule has 7 heteroatoms. The number of piperidine rings is 1. The summed E-state index contributed by atoms with van der Waals surface area (Å²) in [4.78, 5) is 20.7. The summed E-state index contributed by atoms with van der Waals surface area (Å²) in [6.45, 7) is 1.65. The van der Waals surface area contributed by atoms with Crippen molar-refractivity contribution in [1.29, 1.82) is 0 Å². The van der Waals surface area contributed by atoms with E-state index in [0.717, 1.165) is 37.5 Å². The van der Waals surface area contributed by atoms with Crippen molar-refractivity contribution in [3.05, 3.63) is 34.2 Å². The molecule has 3 heterocycles. The zero-order valence-corrected chi connectivity index (χ0v) is 11.8. The van der Waals surface area contributed by atoms with E-state index < -0.39 is 0 Å². The highest BCUT2D eigenvalue weighted by Gasteiger charge is 2.30. The molecular formula is C14H19N5O2. The number of likely N-dealkylation sites (tertiary alicyclic amines) is 1. The van der Waals surface area contributed by atoms with Gasteiger partial charge in [-0.25, -0.2) is 14.9 Å². The summed E-state index contributed by atoms with van der Waals surface area (Å²) in [5, 5.41) is 6.54. The number of rotatable bonds is 4. The first-order valence-corrected chi connectivity index (χ1v) is 7.63. The first-order chi connectivity index (χ1) is 10.3. The first-order valence-electron chi connectivity index (χ1n) is 7.63. The number of nitrogens with one attached hydrogen (secondary N) is 2. The van der Waals surface area contributed by atoms with Crippen molar-refractivity contribution in [3.63, 3.8) is 0 Å². The maximum Gasteiger partial charge on any atom is 0.340 e. The summed E-state index contributed by atoms with van der Waals surface area (Å²) in [5.41, 5.74) is -0.248. The van der Waals surface area contributed by atoms with Gasteiger partial charge in [-0.05, 0) is 32.2 Å². The minimum atomic E-state index is -0.248. The van der Waals surface area contributed by atoms with Crippen LogP contribution in [0.5, 0.6) is 0 Å². The van der Waals surface area contributed by atoms with Crippen molar-refractivity contribution in [2.24, 2.45) is 0 Å². The fraction of sp³-hybridized carbons (Fsp3) is 0.643. The van der Waals surface area contributed by atoms with E-state index in [1.54, 1.807) is 0 Å². The molecule has 2 fully saturated rings. The van der Waals surface area contributed by atoms with Gasteiger partial charge in [0.05, 0.1) is 18.8 Å². The van der Waals surface area contributed by atoms with Gasteiger partial charge in [-0.2, -0.15) is 5.10 Å². The number of aromatic nitrogens is 4. The molecule has 2 aromatic rings. The van der Waals surface area contributed by atoms with Gasteiger partial charge in [-0.15, -0.1) is 0 Å². The number of hydrogen-bond acceptors (Lipinski definition) is 5. The van der Waals surface area contributed by atoms with Gasteiger partial charge in [0, 0.05) is 5.92 Å². The second-order valence-corrected chi connectivity index (χ2v) is 5.98. The van der Waals surface area contributed by atoms with Crippen LogP contribution in [0, 0.1) is 0 Å². The molecule has 2 aliphatic rings. The Morgan fingerprint density at radius 2 is 2.24 bits per heavy atom. The molecule has 1 unspecified atom stereocenters. The fourth-order valence-electron chi connectivity index (χ4n) is 3.06. The van der Waals surface area contributed by atoms with Crippen molar-refractivity contribution >= 4 is 0 Å². The zero-order valence-electron chi connectivity index (χ0n) is 11.8. The molecule has 0 aromatic carbocycles. The van der Waals surface area contributed by atoms with Crippen molar-refractivity contribution < 1.29 is 4.42 Å². The van der Waals surface area contributed by atoms with Crippen LogP contribution in [0.15, 0.2) is 15.4 Å². The zero-order chi connectivity index (χ0) is 14.2. The van der Waals surface area contributed by atoms with Crippen LogP contribution in [0.1, 0.15) is 61.5 Å². The molecule has 1 atom stereocenters. The second-order valence-electron chi connectivity index (χ2n) is 5.98. The molecule has 112 valence electrons. The topological polar surface area (TPSA) is 90.8 Å². The maximum atomic E-state index is 11.3. The Morgan fingerprint density at radius 1 is 1.33 bits per heavy atom. The number of oxazole rings is 1. The minimum absolute atomic E-state index is 0.133. The lowest BCUT2D eigenvalue weighted by Crippen LogP contribution is -2.33. The Hall–Kier alpha value is -1.89. The Morgan fingerprint density at radius 3 is 3.00 bits per heavy atom. The molecule has 0 bridgehead atoms. The minimum Gasteiger partial charge on any atom is -0.444 e. The standard InChI is InChI=1S/C14H19N5O2/c20-14-16-13(17-18-14)10-3-1-2-6-19(10)8-12-15-7-11(21-12)9-4-5-9/h7,9-10H,1-6,8H2,(H2,16,17,18,20). The molecule has 0 amide bonds. The molecule has 1 saturated heterocycles. The second kappa shape index (κ2) is 5.14. The van der Waals surface area contributed by atoms with Gasteiger partial charge in [0.15, 0.2) is 0 Å². The number of H-pyrrole nitrogens is 2. The molecule has 1 aliphatic heterocycles. The average molecular weight is 289 g/mol. The van der Waals surface area contributed by atoms with E-state index in [2.05, 4.69) is 25.1 Å². The predicted molar refractivity (Wildman–Crippen MR) is 74.7 cm³/mol. The quantitative estimate of drug-likeness (QED) is 0.893. The third kappa shape index (κ3) is 2.65. The van der Waals surface area contributed by atoms with Crippen LogP contribution in [0.2, 0.25) is 0 Å². The molecule has 21 heavy (non-hydrogen) atoms. The van der Waals surface area contributed by atoms with E-state index in [9.17, 15) is 4.79 Å². The highest BCUT2D eigenvalue weighted by molar-refractivity contribution is 5.08. The summed E-state index contributed by atoms with van der Waals surface area (Å²) in [5.74, 6) is 3.09. The van der Waals surface area contributed by atoms with Crippen molar-refractivity contribution in [1.82, 2.24) is 25.1 Å². The largest absolute Gasteiger partial charge is 0.444 e. The maximum absolute atomic E-state index is 11.3. The molecule has 1 saturated carbocycles. The van der Waals surface area contributed by atoms with Gasteiger partial charge in [-0.1, -0.05) is 6.42 Å². The van der Waals surface area contributed by atoms with Crippen LogP contribution in [0.4, 0.5) is 0 Å². The molecule has 2 aromatic heterocycles. The number of nitrogens with zero attached hydrogens (tertiary/aromatic N) is 3. The van der Waals surface area contributed by atoms with Crippen molar-refractivity contribution in [2.45, 2.75) is 50.6 Å². The van der Waals surface area contributed by atoms with Gasteiger partial charge in [0.25, 0.3) is 0 Å². The number of aromatic amines is 2. The van der Waals surface area contributed by atoms with E-state index in [4.69, 9.17) is 4.42 Å². The van der Waals surface area contributed by atoms with Crippen LogP contribution in [-0.2, 0) is 6.54 Å². The fourth-order valence-corrected chi connectivity index (χ4v) is 3.06. The predicted octanol–water partition coefficient (Wildman–Crippen LogP) is 1.69. The van der Waals surface area contributed by atoms with E-state index >= 15 is 0 Å². The van der Waals surface area contributed by atoms with Crippen LogP contribution in [-0.4, -0.2) is 31.6 Å². The Bertz CT molecular complexity index is 669. The van der Waals surface area contributed by atoms with Crippen LogP contribution < -0.4 is 5.69 Å². The third-order valence-electron chi connectivity index (χ3n) is 4.34. The normalized spacial score (nSPS) is 23.5. The van der Waals surface area contributed by atoms with Gasteiger partial charge < -0.3 is 4.42 Å². The summed E-state index contributed by atoms with van der Waals surface area (Å²) >= 11 is 0. The van der Waals surface area contributed by atoms with E-state index in [0.29, 0.717) is 18.3 Å². The summed E-state index contributed by atoms with van der Waals surface area (Å²) in [6.07, 6.45) is 7.60. The molecule has 0 spiro atoms. The van der Waals surface area contributed by atoms with Crippen LogP contribution in [0.25, 0.3) is 0 Å². The van der Waals surface area contributed by atoms with Gasteiger partial charge in [0.2, 0.25) is 5.89 Å². The number of hydrogen-bond donors (Lipinski definition) is 2. The Balaban J connectivity index is 1.51. The van der Waals surface area contributed by atoms with Gasteiger partial charge in [-0.3, -0.25) is 9.88 Å². The third-order valence-corrected chi connectivity index (χ3v) is 4.34. The lowest BCUT2D eigenvalue weighted by molar-refractivity contribution is 0.121. The van der Waals surface area contributed by atoms with E-state index in [-0.39, 0.29) is 11.7 Å². The van der Waals surface area contributed by atoms with Crippen molar-refractivity contribution in [3.8, 4) is 0 Å². The monoisotopic (exact) mass is 289 g/mol. The average Bonchev–Trinajstić information content (AvgIpc) is 3.09. The van der Waals surface area contributed by atoms with Crippen LogP contribution in [0.3, 0.4) is 0 Å². The lowest BCUT2D eigenvalue weighted by atomic mass is 10.0. The molecule has 2 N–H and O–H groups in total. The smallest absolute Gasteiger partial charge is 0.340 e. The van der Waals surface area contributed by atoms with Crippen molar-refractivity contribution in [2.75, 3.05) is 6.54 Å². The molecule has 1 aliphatic carbocycles. The van der Waals surface area contributed by atoms with E-state index in [1.807, 2.05) is 6.20 Å².